The lowest BCUT2D eigenvalue weighted by atomic mass is 9.80. The van der Waals surface area contributed by atoms with Crippen LogP contribution >= 0.6 is 0 Å². The molecule has 0 atom stereocenters. The summed E-state index contributed by atoms with van der Waals surface area (Å²) in [7, 11) is -8.64. The Balaban J connectivity index is 2.21. The van der Waals surface area contributed by atoms with Crippen molar-refractivity contribution < 1.29 is 30.5 Å². The van der Waals surface area contributed by atoms with Gasteiger partial charge in [0, 0.05) is 18.6 Å². The molecule has 0 radical (unpaired) electrons. The molecule has 2 aromatic rings. The summed E-state index contributed by atoms with van der Waals surface area (Å²) in [4.78, 5) is -0.184. The Morgan fingerprint density at radius 1 is 1.12 bits per heavy atom. The average molecular weight is 397 g/mol. The van der Waals surface area contributed by atoms with Gasteiger partial charge in [-0.25, -0.2) is 8.42 Å². The fraction of sp³-hybridized carbons (Fsp3) is 0.353. The second-order valence-corrected chi connectivity index (χ2v) is 9.89. The molecule has 0 amide bonds. The van der Waals surface area contributed by atoms with Crippen LogP contribution in [0, 0.1) is 0 Å². The lowest BCUT2D eigenvalue weighted by Crippen LogP contribution is -2.28. The quantitative estimate of drug-likeness (QED) is 0.623. The van der Waals surface area contributed by atoms with Crippen molar-refractivity contribution in [3.8, 4) is 0 Å². The molecule has 2 aromatic carbocycles. The number of fused-ring (bicyclic) bond motifs is 3. The molecule has 3 rings (SSSR count). The van der Waals surface area contributed by atoms with E-state index in [0.29, 0.717) is 5.39 Å². The molecule has 1 N–H and O–H groups in total. The SMILES string of the molecule is CC1=[N+](CCS(=O)(=O)[O-])c2ccc3cc(S(=O)(=O)O)ccc3c2C1(C)C. The van der Waals surface area contributed by atoms with Gasteiger partial charge in [0.2, 0.25) is 5.69 Å². The van der Waals surface area contributed by atoms with E-state index in [0.717, 1.165) is 22.3 Å². The van der Waals surface area contributed by atoms with E-state index < -0.39 is 31.4 Å². The summed E-state index contributed by atoms with van der Waals surface area (Å²) in [5.41, 5.74) is 2.20. The first-order chi connectivity index (χ1) is 11.8. The first kappa shape index (κ1) is 19.0. The maximum absolute atomic E-state index is 11.4. The topological polar surface area (TPSA) is 115 Å². The molecule has 9 heteroatoms. The van der Waals surface area contributed by atoms with E-state index in [9.17, 15) is 25.9 Å². The summed E-state index contributed by atoms with van der Waals surface area (Å²) in [5.74, 6) is -0.500. The minimum Gasteiger partial charge on any atom is -0.748 e. The summed E-state index contributed by atoms with van der Waals surface area (Å²) in [6.07, 6.45) is 0. The molecule has 1 heterocycles. The molecular weight excluding hydrogens is 378 g/mol. The molecular formula is C17H19NO6S2. The van der Waals surface area contributed by atoms with Crippen molar-refractivity contribution >= 4 is 42.4 Å². The number of hydrogen-bond donors (Lipinski definition) is 1. The highest BCUT2D eigenvalue weighted by atomic mass is 32.2. The highest BCUT2D eigenvalue weighted by Gasteiger charge is 2.44. The van der Waals surface area contributed by atoms with Gasteiger partial charge >= 0.3 is 0 Å². The van der Waals surface area contributed by atoms with Gasteiger partial charge in [0.15, 0.2) is 12.3 Å². The zero-order valence-electron chi connectivity index (χ0n) is 14.6. The van der Waals surface area contributed by atoms with Gasteiger partial charge in [0.05, 0.1) is 16.1 Å². The molecule has 0 aromatic heterocycles. The van der Waals surface area contributed by atoms with Gasteiger partial charge in [-0.1, -0.05) is 6.07 Å². The third kappa shape index (κ3) is 3.16. The molecule has 7 nitrogen and oxygen atoms in total. The predicted octanol–water partition coefficient (Wildman–Crippen LogP) is 2.03. The molecule has 0 unspecified atom stereocenters. The lowest BCUT2D eigenvalue weighted by molar-refractivity contribution is -0.433. The van der Waals surface area contributed by atoms with Gasteiger partial charge in [-0.3, -0.25) is 4.55 Å². The first-order valence-electron chi connectivity index (χ1n) is 7.92. The maximum atomic E-state index is 11.4. The zero-order chi connectivity index (χ0) is 19.5. The van der Waals surface area contributed by atoms with E-state index in [1.807, 2.05) is 25.3 Å². The Morgan fingerprint density at radius 2 is 1.77 bits per heavy atom. The minimum atomic E-state index is -4.34. The number of benzene rings is 2. The van der Waals surface area contributed by atoms with E-state index in [1.54, 1.807) is 18.2 Å². The van der Waals surface area contributed by atoms with E-state index in [-0.39, 0.29) is 11.4 Å². The molecule has 0 fully saturated rings. The van der Waals surface area contributed by atoms with Crippen LogP contribution in [-0.4, -0.2) is 48.5 Å². The normalized spacial score (nSPS) is 17.0. The van der Waals surface area contributed by atoms with Crippen molar-refractivity contribution in [2.75, 3.05) is 12.3 Å². The fourth-order valence-electron chi connectivity index (χ4n) is 3.53. The number of hydrogen-bond acceptors (Lipinski definition) is 5. The van der Waals surface area contributed by atoms with Crippen LogP contribution in [-0.2, 0) is 25.7 Å². The van der Waals surface area contributed by atoms with Crippen molar-refractivity contribution in [3.05, 3.63) is 35.9 Å². The maximum Gasteiger partial charge on any atom is 0.294 e. The second kappa shape index (κ2) is 5.85. The summed E-state index contributed by atoms with van der Waals surface area (Å²) >= 11 is 0. The summed E-state index contributed by atoms with van der Waals surface area (Å²) in [5, 5.41) is 1.46. The van der Waals surface area contributed by atoms with Crippen molar-refractivity contribution in [2.45, 2.75) is 31.1 Å². The van der Waals surface area contributed by atoms with Gasteiger partial charge in [0.1, 0.15) is 10.1 Å². The van der Waals surface area contributed by atoms with Crippen molar-refractivity contribution in [2.24, 2.45) is 0 Å². The van der Waals surface area contributed by atoms with Crippen molar-refractivity contribution in [3.63, 3.8) is 0 Å². The van der Waals surface area contributed by atoms with Crippen LogP contribution in [0.5, 0.6) is 0 Å². The number of nitrogens with zero attached hydrogens (tertiary/aromatic N) is 1. The van der Waals surface area contributed by atoms with Crippen LogP contribution in [0.15, 0.2) is 35.2 Å². The molecule has 26 heavy (non-hydrogen) atoms. The Kier molecular flexibility index (Phi) is 4.27. The van der Waals surface area contributed by atoms with Crippen molar-refractivity contribution in [1.29, 1.82) is 0 Å². The standard InChI is InChI=1S/C17H19NO6S2/c1-11-17(2,3)16-14-6-5-13(26(22,23)24)10-12(14)4-7-15(16)18(11)8-9-25(19,20)21/h4-7,10H,8-9H2,1-3H3,(H-,19,20,21,22,23,24). The van der Waals surface area contributed by atoms with Crippen LogP contribution in [0.2, 0.25) is 0 Å². The molecule has 0 aliphatic carbocycles. The molecule has 1 aliphatic rings. The monoisotopic (exact) mass is 397 g/mol. The molecule has 0 spiro atoms. The van der Waals surface area contributed by atoms with Crippen LogP contribution in [0.1, 0.15) is 26.3 Å². The molecule has 0 saturated carbocycles. The highest BCUT2D eigenvalue weighted by molar-refractivity contribution is 7.86. The van der Waals surface area contributed by atoms with E-state index >= 15 is 0 Å². The van der Waals surface area contributed by atoms with Crippen molar-refractivity contribution in [1.82, 2.24) is 0 Å². The van der Waals surface area contributed by atoms with Gasteiger partial charge in [-0.2, -0.15) is 13.0 Å². The Bertz CT molecular complexity index is 1160. The van der Waals surface area contributed by atoms with Gasteiger partial charge < -0.3 is 4.55 Å². The van der Waals surface area contributed by atoms with E-state index in [2.05, 4.69) is 0 Å². The third-order valence-corrected chi connectivity index (χ3v) is 6.59. The Hall–Kier alpha value is -1.81. The van der Waals surface area contributed by atoms with Gasteiger partial charge in [0.25, 0.3) is 10.1 Å². The fourth-order valence-corrected chi connectivity index (χ4v) is 4.45. The largest absolute Gasteiger partial charge is 0.748 e. The predicted molar refractivity (Wildman–Crippen MR) is 96.8 cm³/mol. The van der Waals surface area contributed by atoms with Crippen LogP contribution in [0.25, 0.3) is 10.8 Å². The second-order valence-electron chi connectivity index (χ2n) is 6.94. The van der Waals surface area contributed by atoms with Crippen LogP contribution < -0.4 is 0 Å². The molecule has 0 bridgehead atoms. The Labute approximate surface area is 152 Å². The first-order valence-corrected chi connectivity index (χ1v) is 10.9. The van der Waals surface area contributed by atoms with Gasteiger partial charge in [-0.15, -0.1) is 0 Å². The highest BCUT2D eigenvalue weighted by Crippen LogP contribution is 2.44. The molecule has 0 saturated heterocycles. The third-order valence-electron chi connectivity index (χ3n) is 5.06. The lowest BCUT2D eigenvalue weighted by Gasteiger charge is -2.17. The zero-order valence-corrected chi connectivity index (χ0v) is 16.2. The summed E-state index contributed by atoms with van der Waals surface area (Å²) in [6, 6.07) is 7.88. The number of rotatable bonds is 4. The molecule has 140 valence electrons. The summed E-state index contributed by atoms with van der Waals surface area (Å²) < 4.78 is 66.9. The minimum absolute atomic E-state index is 0.0582. The smallest absolute Gasteiger partial charge is 0.294 e. The summed E-state index contributed by atoms with van der Waals surface area (Å²) in [6.45, 7) is 5.92. The average Bonchev–Trinajstić information content (AvgIpc) is 2.70. The van der Waals surface area contributed by atoms with E-state index in [1.165, 1.54) is 12.1 Å². The molecule has 1 aliphatic heterocycles. The van der Waals surface area contributed by atoms with Crippen LogP contribution in [0.4, 0.5) is 5.69 Å². The van der Waals surface area contributed by atoms with E-state index in [4.69, 9.17) is 0 Å². The van der Waals surface area contributed by atoms with Crippen LogP contribution in [0.3, 0.4) is 0 Å². The Morgan fingerprint density at radius 3 is 2.35 bits per heavy atom. The van der Waals surface area contributed by atoms with Gasteiger partial charge in [-0.05, 0) is 42.8 Å².